The van der Waals surface area contributed by atoms with Crippen molar-refractivity contribution >= 4 is 92.4 Å². The lowest BCUT2D eigenvalue weighted by atomic mass is 10.2. The second-order valence-corrected chi connectivity index (χ2v) is 12.0. The molecule has 0 radical (unpaired) electrons. The van der Waals surface area contributed by atoms with E-state index in [-0.39, 0.29) is 62.6 Å². The fraction of sp³-hybridized carbons (Fsp3) is 0.214. The zero-order chi connectivity index (χ0) is 28.5. The molecule has 0 atom stereocenters. The van der Waals surface area contributed by atoms with Gasteiger partial charge in [-0.1, -0.05) is 109 Å². The molecule has 4 amide bonds. The third-order valence-electron chi connectivity index (χ3n) is 5.84. The Balaban J connectivity index is 1.13. The van der Waals surface area contributed by atoms with Gasteiger partial charge in [0.25, 0.3) is 11.8 Å². The topological polar surface area (TPSA) is 98.8 Å². The first-order chi connectivity index (χ1) is 19.3. The van der Waals surface area contributed by atoms with Crippen molar-refractivity contribution in [2.75, 3.05) is 26.2 Å². The van der Waals surface area contributed by atoms with Crippen LogP contribution >= 0.6 is 48.0 Å². The van der Waals surface area contributed by atoms with E-state index in [0.717, 1.165) is 11.1 Å². The summed E-state index contributed by atoms with van der Waals surface area (Å²) in [6, 6.07) is 19.0. The molecule has 0 unspecified atom stereocenters. The van der Waals surface area contributed by atoms with Crippen molar-refractivity contribution in [3.63, 3.8) is 0 Å². The standard InChI is InChI=1S/C28H26N4O4S4/c33-23(11-15-31-25(35)21(39-27(31)37)17-19-7-3-1-4-8-19)29-13-14-30-24(34)12-16-32-26(36)22(40-28(32)38)18-20-9-5-2-6-10-20/h1-10,17-18H,11-16H2,(H,29,33)(H,30,34)/b21-17+,22-18+. The minimum absolute atomic E-state index is 0.0873. The number of carbonyl (C=O) groups is 4. The van der Waals surface area contributed by atoms with Crippen LogP contribution in [0.3, 0.4) is 0 Å². The average molecular weight is 611 g/mol. The molecule has 2 N–H and O–H groups in total. The Morgan fingerprint density at radius 1 is 0.675 bits per heavy atom. The van der Waals surface area contributed by atoms with Gasteiger partial charge in [-0.25, -0.2) is 0 Å². The Morgan fingerprint density at radius 2 is 1.05 bits per heavy atom. The van der Waals surface area contributed by atoms with E-state index in [0.29, 0.717) is 18.5 Å². The fourth-order valence-electron chi connectivity index (χ4n) is 3.79. The van der Waals surface area contributed by atoms with Crippen LogP contribution in [0, 0.1) is 0 Å². The van der Waals surface area contributed by atoms with E-state index in [4.69, 9.17) is 24.4 Å². The van der Waals surface area contributed by atoms with Crippen LogP contribution in [0.5, 0.6) is 0 Å². The lowest BCUT2D eigenvalue weighted by Gasteiger charge is -2.15. The Bertz CT molecular complexity index is 1270. The molecule has 0 aromatic heterocycles. The van der Waals surface area contributed by atoms with Crippen LogP contribution in [0.15, 0.2) is 70.5 Å². The Morgan fingerprint density at radius 3 is 1.43 bits per heavy atom. The molecular weight excluding hydrogens is 585 g/mol. The van der Waals surface area contributed by atoms with Gasteiger partial charge < -0.3 is 10.6 Å². The normalized spacial score (nSPS) is 17.3. The first-order valence-electron chi connectivity index (χ1n) is 12.5. The third kappa shape index (κ3) is 8.10. The van der Waals surface area contributed by atoms with Crippen molar-refractivity contribution in [2.45, 2.75) is 12.8 Å². The predicted octanol–water partition coefficient (Wildman–Crippen LogP) is 3.80. The third-order valence-corrected chi connectivity index (χ3v) is 8.59. The molecule has 2 aliphatic heterocycles. The molecule has 2 heterocycles. The molecule has 4 rings (SSSR count). The van der Waals surface area contributed by atoms with Crippen LogP contribution in [-0.2, 0) is 19.2 Å². The monoisotopic (exact) mass is 610 g/mol. The summed E-state index contributed by atoms with van der Waals surface area (Å²) in [4.78, 5) is 53.9. The Hall–Kier alpha value is -3.32. The maximum Gasteiger partial charge on any atom is 0.266 e. The van der Waals surface area contributed by atoms with Crippen LogP contribution in [0.1, 0.15) is 24.0 Å². The van der Waals surface area contributed by atoms with Crippen molar-refractivity contribution in [3.8, 4) is 0 Å². The van der Waals surface area contributed by atoms with Gasteiger partial charge in [0.15, 0.2) is 0 Å². The highest BCUT2D eigenvalue weighted by Crippen LogP contribution is 2.33. The van der Waals surface area contributed by atoms with Crippen LogP contribution in [0.2, 0.25) is 0 Å². The molecular formula is C28H26N4O4S4. The largest absolute Gasteiger partial charge is 0.354 e. The van der Waals surface area contributed by atoms with Gasteiger partial charge in [-0.15, -0.1) is 0 Å². The van der Waals surface area contributed by atoms with Crippen molar-refractivity contribution in [3.05, 3.63) is 81.6 Å². The van der Waals surface area contributed by atoms with Crippen molar-refractivity contribution in [1.82, 2.24) is 20.4 Å². The molecule has 8 nitrogen and oxygen atoms in total. The first-order valence-corrected chi connectivity index (χ1v) is 14.9. The minimum Gasteiger partial charge on any atom is -0.354 e. The highest BCUT2D eigenvalue weighted by atomic mass is 32.2. The maximum absolute atomic E-state index is 12.7. The van der Waals surface area contributed by atoms with Gasteiger partial charge in [0, 0.05) is 39.0 Å². The molecule has 0 spiro atoms. The van der Waals surface area contributed by atoms with Crippen LogP contribution in [0.4, 0.5) is 0 Å². The van der Waals surface area contributed by atoms with E-state index in [9.17, 15) is 19.2 Å². The summed E-state index contributed by atoms with van der Waals surface area (Å²) < 4.78 is 0.841. The number of hydrogen-bond acceptors (Lipinski definition) is 8. The molecule has 0 bridgehead atoms. The molecule has 2 saturated heterocycles. The van der Waals surface area contributed by atoms with Gasteiger partial charge in [0.2, 0.25) is 11.8 Å². The number of nitrogens with zero attached hydrogens (tertiary/aromatic N) is 2. The van der Waals surface area contributed by atoms with E-state index in [1.54, 1.807) is 12.2 Å². The Labute approximate surface area is 251 Å². The summed E-state index contributed by atoms with van der Waals surface area (Å²) in [6.45, 7) is 0.824. The summed E-state index contributed by atoms with van der Waals surface area (Å²) in [7, 11) is 0. The molecule has 0 aliphatic carbocycles. The summed E-state index contributed by atoms with van der Waals surface area (Å²) in [5.41, 5.74) is 1.81. The van der Waals surface area contributed by atoms with E-state index in [1.807, 2.05) is 60.7 Å². The number of thiocarbonyl (C=S) groups is 2. The number of carbonyl (C=O) groups excluding carboxylic acids is 4. The van der Waals surface area contributed by atoms with E-state index in [1.165, 1.54) is 33.3 Å². The molecule has 2 fully saturated rings. The van der Waals surface area contributed by atoms with Gasteiger partial charge in [-0.3, -0.25) is 29.0 Å². The number of hydrogen-bond donors (Lipinski definition) is 2. The lowest BCUT2D eigenvalue weighted by molar-refractivity contribution is -0.126. The molecule has 2 aromatic rings. The van der Waals surface area contributed by atoms with Gasteiger partial charge >= 0.3 is 0 Å². The van der Waals surface area contributed by atoms with Gasteiger partial charge in [-0.2, -0.15) is 0 Å². The number of amides is 4. The van der Waals surface area contributed by atoms with Crippen molar-refractivity contribution in [2.24, 2.45) is 0 Å². The average Bonchev–Trinajstić information content (AvgIpc) is 3.37. The maximum atomic E-state index is 12.7. The fourth-order valence-corrected chi connectivity index (χ4v) is 6.41. The molecule has 0 saturated carbocycles. The molecule has 206 valence electrons. The first kappa shape index (κ1) is 29.7. The second kappa shape index (κ2) is 14.4. The number of nitrogens with one attached hydrogen (secondary N) is 2. The molecule has 12 heteroatoms. The highest BCUT2D eigenvalue weighted by Gasteiger charge is 2.33. The smallest absolute Gasteiger partial charge is 0.266 e. The second-order valence-electron chi connectivity index (χ2n) is 8.69. The minimum atomic E-state index is -0.252. The quantitative estimate of drug-likeness (QED) is 0.225. The predicted molar refractivity (Wildman–Crippen MR) is 168 cm³/mol. The molecule has 2 aromatic carbocycles. The number of benzene rings is 2. The van der Waals surface area contributed by atoms with E-state index >= 15 is 0 Å². The molecule has 2 aliphatic rings. The van der Waals surface area contributed by atoms with Gasteiger partial charge in [0.1, 0.15) is 8.64 Å². The summed E-state index contributed by atoms with van der Waals surface area (Å²) >= 11 is 13.1. The number of thioether (sulfide) groups is 2. The van der Waals surface area contributed by atoms with Crippen LogP contribution < -0.4 is 10.6 Å². The van der Waals surface area contributed by atoms with Crippen LogP contribution in [-0.4, -0.2) is 68.2 Å². The van der Waals surface area contributed by atoms with E-state index in [2.05, 4.69) is 10.6 Å². The lowest BCUT2D eigenvalue weighted by Crippen LogP contribution is -2.38. The summed E-state index contributed by atoms with van der Waals surface area (Å²) in [5, 5.41) is 5.46. The van der Waals surface area contributed by atoms with Crippen molar-refractivity contribution < 1.29 is 19.2 Å². The number of rotatable bonds is 11. The Kier molecular flexibility index (Phi) is 10.6. The molecule has 40 heavy (non-hydrogen) atoms. The zero-order valence-corrected chi connectivity index (χ0v) is 24.6. The van der Waals surface area contributed by atoms with Gasteiger partial charge in [-0.05, 0) is 23.3 Å². The van der Waals surface area contributed by atoms with Gasteiger partial charge in [0.05, 0.1) is 9.81 Å². The summed E-state index contributed by atoms with van der Waals surface area (Å²) in [5.74, 6) is -0.928. The van der Waals surface area contributed by atoms with Crippen molar-refractivity contribution in [1.29, 1.82) is 0 Å². The summed E-state index contributed by atoms with van der Waals surface area (Å²) in [6.07, 6.45) is 3.75. The highest BCUT2D eigenvalue weighted by molar-refractivity contribution is 8.27. The zero-order valence-electron chi connectivity index (χ0n) is 21.3. The van der Waals surface area contributed by atoms with E-state index < -0.39 is 0 Å². The SMILES string of the molecule is O=C(CCN1C(=O)/C(=C\c2ccccc2)SC1=S)NCCNC(=O)CCN1C(=O)/C(=C\c2ccccc2)SC1=S. The van der Waals surface area contributed by atoms with Crippen LogP contribution in [0.25, 0.3) is 12.2 Å².